The van der Waals surface area contributed by atoms with E-state index in [1.807, 2.05) is 0 Å². The van der Waals surface area contributed by atoms with Crippen LogP contribution in [0, 0.1) is 5.92 Å². The van der Waals surface area contributed by atoms with Crippen molar-refractivity contribution in [2.75, 3.05) is 11.9 Å². The van der Waals surface area contributed by atoms with Gasteiger partial charge in [0.1, 0.15) is 0 Å². The van der Waals surface area contributed by atoms with Crippen LogP contribution in [0.2, 0.25) is 0 Å². The SMILES string of the molecule is O=C(O)c1cc(NCC2CCC(O)C2)ccc1C(F)(F)F. The van der Waals surface area contributed by atoms with E-state index in [0.29, 0.717) is 18.7 Å². The summed E-state index contributed by atoms with van der Waals surface area (Å²) in [6.07, 6.45) is -2.79. The van der Waals surface area contributed by atoms with Crippen molar-refractivity contribution < 1.29 is 28.2 Å². The highest BCUT2D eigenvalue weighted by molar-refractivity contribution is 5.91. The number of carboxylic acid groups (broad SMARTS) is 1. The van der Waals surface area contributed by atoms with Gasteiger partial charge in [-0.2, -0.15) is 13.2 Å². The molecule has 1 fully saturated rings. The van der Waals surface area contributed by atoms with Gasteiger partial charge in [0.25, 0.3) is 0 Å². The fourth-order valence-corrected chi connectivity index (χ4v) is 2.57. The highest BCUT2D eigenvalue weighted by Crippen LogP contribution is 2.33. The second-order valence-corrected chi connectivity index (χ2v) is 5.28. The van der Waals surface area contributed by atoms with Gasteiger partial charge in [0, 0.05) is 12.2 Å². The lowest BCUT2D eigenvalue weighted by Gasteiger charge is -2.15. The van der Waals surface area contributed by atoms with E-state index >= 15 is 0 Å². The molecule has 3 N–H and O–H groups in total. The molecule has 1 aromatic rings. The molecule has 2 atom stereocenters. The summed E-state index contributed by atoms with van der Waals surface area (Å²) in [6.45, 7) is 0.501. The number of rotatable bonds is 4. The summed E-state index contributed by atoms with van der Waals surface area (Å²) in [7, 11) is 0. The molecule has 0 bridgehead atoms. The number of carboxylic acids is 1. The molecule has 0 aromatic heterocycles. The molecule has 0 heterocycles. The predicted octanol–water partition coefficient (Wildman–Crippen LogP) is 2.98. The molecule has 0 saturated heterocycles. The Bertz CT molecular complexity index is 531. The molecular formula is C14H16F3NO3. The van der Waals surface area contributed by atoms with Gasteiger partial charge in [0.05, 0.1) is 17.2 Å². The summed E-state index contributed by atoms with van der Waals surface area (Å²) in [6, 6.07) is 2.99. The number of halogens is 3. The van der Waals surface area contributed by atoms with Gasteiger partial charge in [-0.1, -0.05) is 0 Å². The molecule has 0 radical (unpaired) electrons. The predicted molar refractivity (Wildman–Crippen MR) is 70.2 cm³/mol. The topological polar surface area (TPSA) is 69.6 Å². The fraction of sp³-hybridized carbons (Fsp3) is 0.500. The number of aliphatic hydroxyl groups is 1. The van der Waals surface area contributed by atoms with Crippen molar-refractivity contribution in [1.82, 2.24) is 0 Å². The Labute approximate surface area is 119 Å². The summed E-state index contributed by atoms with van der Waals surface area (Å²) >= 11 is 0. The lowest BCUT2D eigenvalue weighted by atomic mass is 10.0. The first-order chi connectivity index (χ1) is 9.77. The zero-order chi connectivity index (χ0) is 15.6. The number of benzene rings is 1. The van der Waals surface area contributed by atoms with E-state index in [-0.39, 0.29) is 12.0 Å². The molecule has 1 aliphatic carbocycles. The Morgan fingerprint density at radius 3 is 2.57 bits per heavy atom. The van der Waals surface area contributed by atoms with E-state index in [0.717, 1.165) is 25.0 Å². The molecule has 0 amide bonds. The van der Waals surface area contributed by atoms with E-state index < -0.39 is 23.3 Å². The van der Waals surface area contributed by atoms with Crippen molar-refractivity contribution in [3.8, 4) is 0 Å². The van der Waals surface area contributed by atoms with E-state index in [1.165, 1.54) is 6.07 Å². The van der Waals surface area contributed by atoms with Crippen LogP contribution in [0.5, 0.6) is 0 Å². The van der Waals surface area contributed by atoms with Crippen LogP contribution in [0.1, 0.15) is 35.2 Å². The average Bonchev–Trinajstić information content (AvgIpc) is 2.80. The molecule has 1 saturated carbocycles. The highest BCUT2D eigenvalue weighted by Gasteiger charge is 2.35. The largest absolute Gasteiger partial charge is 0.478 e. The van der Waals surface area contributed by atoms with Crippen molar-refractivity contribution in [3.63, 3.8) is 0 Å². The van der Waals surface area contributed by atoms with Crippen LogP contribution in [-0.4, -0.2) is 28.8 Å². The number of aromatic carboxylic acids is 1. The monoisotopic (exact) mass is 303 g/mol. The van der Waals surface area contributed by atoms with Crippen LogP contribution in [0.25, 0.3) is 0 Å². The Balaban J connectivity index is 2.11. The van der Waals surface area contributed by atoms with E-state index in [1.54, 1.807) is 0 Å². The maximum atomic E-state index is 12.7. The molecule has 1 aliphatic rings. The van der Waals surface area contributed by atoms with Crippen molar-refractivity contribution >= 4 is 11.7 Å². The maximum Gasteiger partial charge on any atom is 0.417 e. The fourth-order valence-electron chi connectivity index (χ4n) is 2.57. The van der Waals surface area contributed by atoms with Gasteiger partial charge < -0.3 is 15.5 Å². The Morgan fingerprint density at radius 2 is 2.05 bits per heavy atom. The van der Waals surface area contributed by atoms with Gasteiger partial charge in [-0.3, -0.25) is 0 Å². The normalized spacial score (nSPS) is 22.3. The van der Waals surface area contributed by atoms with Gasteiger partial charge in [0.15, 0.2) is 0 Å². The third-order valence-electron chi connectivity index (χ3n) is 3.66. The number of anilines is 1. The average molecular weight is 303 g/mol. The third-order valence-corrected chi connectivity index (χ3v) is 3.66. The third kappa shape index (κ3) is 3.87. The summed E-state index contributed by atoms with van der Waals surface area (Å²) in [5.41, 5.74) is -1.59. The Morgan fingerprint density at radius 1 is 1.33 bits per heavy atom. The Hall–Kier alpha value is -1.76. The summed E-state index contributed by atoms with van der Waals surface area (Å²) in [5.74, 6) is -1.36. The molecule has 7 heteroatoms. The first-order valence-corrected chi connectivity index (χ1v) is 6.64. The van der Waals surface area contributed by atoms with Crippen LogP contribution >= 0.6 is 0 Å². The van der Waals surface area contributed by atoms with Crippen LogP contribution in [0.15, 0.2) is 18.2 Å². The van der Waals surface area contributed by atoms with Gasteiger partial charge in [-0.25, -0.2) is 4.79 Å². The number of nitrogens with one attached hydrogen (secondary N) is 1. The van der Waals surface area contributed by atoms with Crippen molar-refractivity contribution in [1.29, 1.82) is 0 Å². The number of carbonyl (C=O) groups is 1. The summed E-state index contributed by atoms with van der Waals surface area (Å²) in [4.78, 5) is 11.0. The number of alkyl halides is 3. The Kier molecular flexibility index (Phi) is 4.41. The standard InChI is InChI=1S/C14H16F3NO3/c15-14(16,17)12-4-2-9(6-11(12)13(20)21)18-7-8-1-3-10(19)5-8/h2,4,6,8,10,18-19H,1,3,5,7H2,(H,20,21). The van der Waals surface area contributed by atoms with Crippen molar-refractivity contribution in [3.05, 3.63) is 29.3 Å². The van der Waals surface area contributed by atoms with Crippen LogP contribution in [0.3, 0.4) is 0 Å². The lowest BCUT2D eigenvalue weighted by Crippen LogP contribution is -2.15. The van der Waals surface area contributed by atoms with Crippen molar-refractivity contribution in [2.45, 2.75) is 31.5 Å². The van der Waals surface area contributed by atoms with Crippen LogP contribution in [-0.2, 0) is 6.18 Å². The number of hydrogen-bond donors (Lipinski definition) is 3. The van der Waals surface area contributed by atoms with Gasteiger partial charge in [-0.15, -0.1) is 0 Å². The molecule has 1 aromatic carbocycles. The van der Waals surface area contributed by atoms with E-state index in [9.17, 15) is 23.1 Å². The van der Waals surface area contributed by atoms with E-state index in [2.05, 4.69) is 5.32 Å². The molecule has 116 valence electrons. The smallest absolute Gasteiger partial charge is 0.417 e. The molecule has 2 unspecified atom stereocenters. The molecule has 4 nitrogen and oxygen atoms in total. The minimum absolute atomic E-state index is 0.246. The zero-order valence-electron chi connectivity index (χ0n) is 11.2. The molecule has 21 heavy (non-hydrogen) atoms. The second-order valence-electron chi connectivity index (χ2n) is 5.28. The minimum atomic E-state index is -4.69. The highest BCUT2D eigenvalue weighted by atomic mass is 19.4. The second kappa shape index (κ2) is 5.93. The molecular weight excluding hydrogens is 287 g/mol. The summed E-state index contributed by atoms with van der Waals surface area (Å²) < 4.78 is 38.1. The van der Waals surface area contributed by atoms with E-state index in [4.69, 9.17) is 5.11 Å². The summed E-state index contributed by atoms with van der Waals surface area (Å²) in [5, 5.41) is 21.3. The minimum Gasteiger partial charge on any atom is -0.478 e. The van der Waals surface area contributed by atoms with Gasteiger partial charge >= 0.3 is 12.1 Å². The number of aliphatic hydroxyl groups excluding tert-OH is 1. The van der Waals surface area contributed by atoms with Crippen molar-refractivity contribution in [2.24, 2.45) is 5.92 Å². The lowest BCUT2D eigenvalue weighted by molar-refractivity contribution is -0.138. The molecule has 2 rings (SSSR count). The number of hydrogen-bond acceptors (Lipinski definition) is 3. The van der Waals surface area contributed by atoms with Crippen LogP contribution < -0.4 is 5.32 Å². The quantitative estimate of drug-likeness (QED) is 0.800. The molecule has 0 aliphatic heterocycles. The molecule has 0 spiro atoms. The van der Waals surface area contributed by atoms with Gasteiger partial charge in [0.2, 0.25) is 0 Å². The maximum absolute atomic E-state index is 12.7. The first kappa shape index (κ1) is 15.6. The zero-order valence-corrected chi connectivity index (χ0v) is 11.2. The van der Waals surface area contributed by atoms with Gasteiger partial charge in [-0.05, 0) is 43.4 Å². The first-order valence-electron chi connectivity index (χ1n) is 6.64. The van der Waals surface area contributed by atoms with Crippen LogP contribution in [0.4, 0.5) is 18.9 Å².